The average Bonchev–Trinajstić information content (AvgIpc) is 3.16. The van der Waals surface area contributed by atoms with E-state index < -0.39 is 0 Å². The minimum atomic E-state index is -0.230. The van der Waals surface area contributed by atoms with Crippen molar-refractivity contribution in [2.75, 3.05) is 5.32 Å². The fourth-order valence-electron chi connectivity index (χ4n) is 3.93. The van der Waals surface area contributed by atoms with Crippen LogP contribution in [0.1, 0.15) is 44.0 Å². The summed E-state index contributed by atoms with van der Waals surface area (Å²) >= 11 is 0. The quantitative estimate of drug-likeness (QED) is 0.435. The van der Waals surface area contributed by atoms with Gasteiger partial charge in [0.05, 0.1) is 11.4 Å². The molecule has 0 unspecified atom stereocenters. The molecule has 0 bridgehead atoms. The fraction of sp³-hybridized carbons (Fsp3) is 0.222. The Kier molecular flexibility index (Phi) is 5.66. The molecule has 4 rings (SSSR count). The average molecular weight is 425 g/mol. The molecular formula is C27H28N4O. The van der Waals surface area contributed by atoms with Crippen molar-refractivity contribution >= 4 is 11.7 Å². The normalized spacial score (nSPS) is 10.9. The first-order valence-corrected chi connectivity index (χ1v) is 10.7. The van der Waals surface area contributed by atoms with Gasteiger partial charge in [0, 0.05) is 6.20 Å². The Morgan fingerprint density at radius 2 is 1.59 bits per heavy atom. The van der Waals surface area contributed by atoms with Crippen LogP contribution in [0.25, 0.3) is 16.8 Å². The van der Waals surface area contributed by atoms with Crippen molar-refractivity contribution in [2.45, 2.75) is 41.5 Å². The first kappa shape index (κ1) is 21.5. The molecule has 4 aromatic rings. The standard InChI is InChI=1S/C27H28N4O/c1-16-9-7-8-10-23(16)22-11-12-24(17(2)13-22)31-25(14-19(4)30-31)27(32)29-26-21(6)20(5)18(3)15-28-26/h7-15H,1-6H3,(H,28,29,32). The third-order valence-electron chi connectivity index (χ3n) is 6.07. The number of carbonyl (C=O) groups excluding carboxylic acids is 1. The molecule has 0 saturated heterocycles. The van der Waals surface area contributed by atoms with E-state index in [4.69, 9.17) is 0 Å². The molecule has 2 heterocycles. The molecule has 0 aliphatic rings. The number of hydrogen-bond acceptors (Lipinski definition) is 3. The molecule has 5 nitrogen and oxygen atoms in total. The zero-order valence-electron chi connectivity index (χ0n) is 19.4. The third kappa shape index (κ3) is 3.94. The lowest BCUT2D eigenvalue weighted by Crippen LogP contribution is -2.19. The van der Waals surface area contributed by atoms with E-state index in [9.17, 15) is 4.79 Å². The Hall–Kier alpha value is -3.73. The highest BCUT2D eigenvalue weighted by atomic mass is 16.2. The number of carbonyl (C=O) groups is 1. The third-order valence-corrected chi connectivity index (χ3v) is 6.07. The van der Waals surface area contributed by atoms with Crippen LogP contribution in [-0.4, -0.2) is 20.7 Å². The number of rotatable bonds is 4. The molecule has 0 atom stereocenters. The number of hydrogen-bond donors (Lipinski definition) is 1. The minimum Gasteiger partial charge on any atom is -0.305 e. The van der Waals surface area contributed by atoms with Crippen molar-refractivity contribution in [3.63, 3.8) is 0 Å². The second-order valence-electron chi connectivity index (χ2n) is 8.39. The molecule has 0 radical (unpaired) electrons. The lowest BCUT2D eigenvalue weighted by molar-refractivity contribution is 0.101. The van der Waals surface area contributed by atoms with Crippen molar-refractivity contribution in [3.05, 3.63) is 93.9 Å². The molecule has 0 saturated carbocycles. The van der Waals surface area contributed by atoms with Crippen LogP contribution >= 0.6 is 0 Å². The van der Waals surface area contributed by atoms with Crippen LogP contribution in [0, 0.1) is 41.5 Å². The minimum absolute atomic E-state index is 0.230. The van der Waals surface area contributed by atoms with Crippen molar-refractivity contribution in [2.24, 2.45) is 0 Å². The summed E-state index contributed by atoms with van der Waals surface area (Å²) in [6.07, 6.45) is 1.79. The van der Waals surface area contributed by atoms with Crippen LogP contribution in [0.2, 0.25) is 0 Å². The lowest BCUT2D eigenvalue weighted by atomic mass is 9.98. The first-order valence-electron chi connectivity index (χ1n) is 10.7. The maximum Gasteiger partial charge on any atom is 0.275 e. The summed E-state index contributed by atoms with van der Waals surface area (Å²) in [6.45, 7) is 12.1. The first-order chi connectivity index (χ1) is 15.3. The van der Waals surface area contributed by atoms with E-state index >= 15 is 0 Å². The molecule has 0 aliphatic carbocycles. The van der Waals surface area contributed by atoms with Gasteiger partial charge < -0.3 is 5.32 Å². The van der Waals surface area contributed by atoms with E-state index in [1.165, 1.54) is 11.1 Å². The number of anilines is 1. The van der Waals surface area contributed by atoms with Gasteiger partial charge in [-0.05, 0) is 98.7 Å². The van der Waals surface area contributed by atoms with Gasteiger partial charge in [0.2, 0.25) is 0 Å². The molecular weight excluding hydrogens is 396 g/mol. The van der Waals surface area contributed by atoms with Crippen molar-refractivity contribution < 1.29 is 4.79 Å². The highest BCUT2D eigenvalue weighted by Crippen LogP contribution is 2.28. The number of aryl methyl sites for hydroxylation is 4. The van der Waals surface area contributed by atoms with E-state index in [1.807, 2.05) is 52.8 Å². The molecule has 1 N–H and O–H groups in total. The molecule has 162 valence electrons. The molecule has 0 spiro atoms. The van der Waals surface area contributed by atoms with Gasteiger partial charge >= 0.3 is 0 Å². The van der Waals surface area contributed by atoms with Gasteiger partial charge in [0.1, 0.15) is 11.5 Å². The maximum absolute atomic E-state index is 13.2. The van der Waals surface area contributed by atoms with Crippen LogP contribution in [0.3, 0.4) is 0 Å². The predicted octanol–water partition coefficient (Wildman–Crippen LogP) is 6.04. The summed E-state index contributed by atoms with van der Waals surface area (Å²) in [5.74, 6) is 0.349. The van der Waals surface area contributed by atoms with Crippen molar-refractivity contribution in [1.82, 2.24) is 14.8 Å². The number of nitrogens with one attached hydrogen (secondary N) is 1. The lowest BCUT2D eigenvalue weighted by Gasteiger charge is -2.14. The zero-order chi connectivity index (χ0) is 23.0. The van der Waals surface area contributed by atoms with Crippen LogP contribution in [0.15, 0.2) is 54.7 Å². The number of benzene rings is 2. The highest BCUT2D eigenvalue weighted by molar-refractivity contribution is 6.03. The van der Waals surface area contributed by atoms with E-state index in [2.05, 4.69) is 46.6 Å². The second kappa shape index (κ2) is 8.42. The Labute approximate surface area is 189 Å². The summed E-state index contributed by atoms with van der Waals surface area (Å²) in [5.41, 5.74) is 9.96. The molecule has 0 aliphatic heterocycles. The van der Waals surface area contributed by atoms with Gasteiger partial charge in [0.15, 0.2) is 0 Å². The van der Waals surface area contributed by atoms with Crippen molar-refractivity contribution in [1.29, 1.82) is 0 Å². The van der Waals surface area contributed by atoms with Gasteiger partial charge in [-0.3, -0.25) is 4.79 Å². The Bertz CT molecular complexity index is 1330. The van der Waals surface area contributed by atoms with Gasteiger partial charge in [0.25, 0.3) is 5.91 Å². The zero-order valence-corrected chi connectivity index (χ0v) is 19.4. The van der Waals surface area contributed by atoms with Crippen LogP contribution in [-0.2, 0) is 0 Å². The van der Waals surface area contributed by atoms with Gasteiger partial charge in [-0.1, -0.05) is 30.3 Å². The number of pyridine rings is 1. The van der Waals surface area contributed by atoms with Crippen LogP contribution < -0.4 is 5.32 Å². The fourth-order valence-corrected chi connectivity index (χ4v) is 3.93. The highest BCUT2D eigenvalue weighted by Gasteiger charge is 2.19. The number of nitrogens with zero attached hydrogens (tertiary/aromatic N) is 3. The summed E-state index contributed by atoms with van der Waals surface area (Å²) in [5, 5.41) is 7.59. The van der Waals surface area contributed by atoms with E-state index in [0.717, 1.165) is 39.2 Å². The SMILES string of the molecule is Cc1cc(C(=O)Nc2ncc(C)c(C)c2C)n(-c2ccc(-c3ccccc3C)cc2C)n1. The van der Waals surface area contributed by atoms with Crippen molar-refractivity contribution in [3.8, 4) is 16.8 Å². The summed E-state index contributed by atoms with van der Waals surface area (Å²) in [4.78, 5) is 17.6. The van der Waals surface area contributed by atoms with E-state index in [-0.39, 0.29) is 5.91 Å². The topological polar surface area (TPSA) is 59.8 Å². The second-order valence-corrected chi connectivity index (χ2v) is 8.39. The summed E-state index contributed by atoms with van der Waals surface area (Å²) in [7, 11) is 0. The summed E-state index contributed by atoms with van der Waals surface area (Å²) < 4.78 is 1.72. The Balaban J connectivity index is 1.70. The van der Waals surface area contributed by atoms with E-state index in [1.54, 1.807) is 16.9 Å². The van der Waals surface area contributed by atoms with Gasteiger partial charge in [-0.25, -0.2) is 9.67 Å². The molecule has 1 amide bonds. The smallest absolute Gasteiger partial charge is 0.275 e. The Morgan fingerprint density at radius 3 is 2.31 bits per heavy atom. The molecule has 5 heteroatoms. The predicted molar refractivity (Wildman–Crippen MR) is 130 cm³/mol. The summed E-state index contributed by atoms with van der Waals surface area (Å²) in [6, 6.07) is 16.4. The number of aromatic nitrogens is 3. The van der Waals surface area contributed by atoms with Gasteiger partial charge in [-0.2, -0.15) is 5.10 Å². The van der Waals surface area contributed by atoms with E-state index in [0.29, 0.717) is 11.5 Å². The monoisotopic (exact) mass is 424 g/mol. The molecule has 32 heavy (non-hydrogen) atoms. The van der Waals surface area contributed by atoms with Crippen LogP contribution in [0.5, 0.6) is 0 Å². The Morgan fingerprint density at radius 1 is 0.844 bits per heavy atom. The maximum atomic E-state index is 13.2. The van der Waals surface area contributed by atoms with Crippen LogP contribution in [0.4, 0.5) is 5.82 Å². The molecule has 2 aromatic carbocycles. The van der Waals surface area contributed by atoms with Gasteiger partial charge in [-0.15, -0.1) is 0 Å². The molecule has 0 fully saturated rings. The number of amides is 1. The molecule has 2 aromatic heterocycles. The largest absolute Gasteiger partial charge is 0.305 e.